The lowest BCUT2D eigenvalue weighted by molar-refractivity contribution is 0.312. The molecule has 0 saturated heterocycles. The highest BCUT2D eigenvalue weighted by atomic mass is 35.5. The summed E-state index contributed by atoms with van der Waals surface area (Å²) in [6.45, 7) is 7.80. The van der Waals surface area contributed by atoms with E-state index in [4.69, 9.17) is 11.6 Å². The normalized spacial score (nSPS) is 12.9. The van der Waals surface area contributed by atoms with E-state index in [1.54, 1.807) is 0 Å². The van der Waals surface area contributed by atoms with Gasteiger partial charge < -0.3 is 5.32 Å². The van der Waals surface area contributed by atoms with Crippen molar-refractivity contribution < 1.29 is 0 Å². The molecule has 0 heterocycles. The molecule has 0 amide bonds. The summed E-state index contributed by atoms with van der Waals surface area (Å²) in [6.07, 6.45) is 6.24. The van der Waals surface area contributed by atoms with E-state index in [2.05, 4.69) is 44.3 Å². The molecule has 0 aliphatic rings. The Morgan fingerprint density at radius 3 is 2.32 bits per heavy atom. The van der Waals surface area contributed by atoms with Gasteiger partial charge in [-0.25, -0.2) is 0 Å². The second kappa shape index (κ2) is 9.39. The third-order valence-corrected chi connectivity index (χ3v) is 3.93. The standard InChI is InChI=1S/C17H28ClN/c1-4-8-15(9-5-2)17(19-6-3)13-14-10-7-11-16(18)12-14/h7,10-12,15,17,19H,4-6,8-9,13H2,1-3H3. The molecule has 108 valence electrons. The molecular formula is C17H28ClN. The minimum absolute atomic E-state index is 0.573. The Hall–Kier alpha value is -0.530. The Kier molecular flexibility index (Phi) is 8.16. The number of halogens is 1. The van der Waals surface area contributed by atoms with E-state index >= 15 is 0 Å². The van der Waals surface area contributed by atoms with E-state index in [9.17, 15) is 0 Å². The highest BCUT2D eigenvalue weighted by Gasteiger charge is 2.19. The van der Waals surface area contributed by atoms with Crippen molar-refractivity contribution in [2.24, 2.45) is 5.92 Å². The molecule has 1 N–H and O–H groups in total. The quantitative estimate of drug-likeness (QED) is 0.666. The SMILES string of the molecule is CCCC(CCC)C(Cc1cccc(Cl)c1)NCC. The third kappa shape index (κ3) is 5.97. The molecule has 0 aliphatic heterocycles. The zero-order chi connectivity index (χ0) is 14.1. The van der Waals surface area contributed by atoms with Crippen LogP contribution in [0.1, 0.15) is 52.0 Å². The van der Waals surface area contributed by atoms with Gasteiger partial charge in [-0.1, -0.05) is 57.3 Å². The lowest BCUT2D eigenvalue weighted by Crippen LogP contribution is -2.38. The summed E-state index contributed by atoms with van der Waals surface area (Å²) in [7, 11) is 0. The van der Waals surface area contributed by atoms with Gasteiger partial charge >= 0.3 is 0 Å². The van der Waals surface area contributed by atoms with Crippen LogP contribution in [0.15, 0.2) is 24.3 Å². The van der Waals surface area contributed by atoms with Crippen molar-refractivity contribution in [2.45, 2.75) is 58.9 Å². The fraction of sp³-hybridized carbons (Fsp3) is 0.647. The highest BCUT2D eigenvalue weighted by molar-refractivity contribution is 6.30. The highest BCUT2D eigenvalue weighted by Crippen LogP contribution is 2.22. The summed E-state index contributed by atoms with van der Waals surface area (Å²) in [6, 6.07) is 8.85. The van der Waals surface area contributed by atoms with Crippen molar-refractivity contribution in [3.05, 3.63) is 34.9 Å². The smallest absolute Gasteiger partial charge is 0.0408 e. The first-order valence-electron chi connectivity index (χ1n) is 7.69. The topological polar surface area (TPSA) is 12.0 Å². The van der Waals surface area contributed by atoms with E-state index in [-0.39, 0.29) is 0 Å². The summed E-state index contributed by atoms with van der Waals surface area (Å²) >= 11 is 6.09. The maximum Gasteiger partial charge on any atom is 0.0408 e. The predicted molar refractivity (Wildman–Crippen MR) is 85.9 cm³/mol. The maximum atomic E-state index is 6.09. The molecule has 0 aliphatic carbocycles. The zero-order valence-electron chi connectivity index (χ0n) is 12.6. The van der Waals surface area contributed by atoms with Crippen LogP contribution in [0.3, 0.4) is 0 Å². The molecule has 1 unspecified atom stereocenters. The van der Waals surface area contributed by atoms with Crippen molar-refractivity contribution in [3.8, 4) is 0 Å². The van der Waals surface area contributed by atoms with Gasteiger partial charge in [0.05, 0.1) is 0 Å². The van der Waals surface area contributed by atoms with E-state index in [0.29, 0.717) is 6.04 Å². The van der Waals surface area contributed by atoms with Gasteiger partial charge in [0, 0.05) is 11.1 Å². The first-order valence-corrected chi connectivity index (χ1v) is 8.06. The van der Waals surface area contributed by atoms with Gasteiger partial charge in [-0.05, 0) is 49.4 Å². The van der Waals surface area contributed by atoms with Crippen LogP contribution < -0.4 is 5.32 Å². The van der Waals surface area contributed by atoms with Crippen molar-refractivity contribution in [2.75, 3.05) is 6.54 Å². The molecule has 0 spiro atoms. The van der Waals surface area contributed by atoms with E-state index in [1.165, 1.54) is 31.2 Å². The fourth-order valence-corrected chi connectivity index (χ4v) is 3.09. The van der Waals surface area contributed by atoms with Gasteiger partial charge in [-0.2, -0.15) is 0 Å². The van der Waals surface area contributed by atoms with Crippen molar-refractivity contribution in [1.29, 1.82) is 0 Å². The van der Waals surface area contributed by atoms with Gasteiger partial charge in [0.2, 0.25) is 0 Å². The number of likely N-dealkylation sites (N-methyl/N-ethyl adjacent to an activating group) is 1. The first-order chi connectivity index (χ1) is 9.21. The summed E-state index contributed by atoms with van der Waals surface area (Å²) < 4.78 is 0. The Bertz CT molecular complexity index is 345. The Morgan fingerprint density at radius 1 is 1.11 bits per heavy atom. The average Bonchev–Trinajstić information content (AvgIpc) is 2.38. The second-order valence-corrected chi connectivity index (χ2v) is 5.77. The fourth-order valence-electron chi connectivity index (χ4n) is 2.87. The van der Waals surface area contributed by atoms with Crippen LogP contribution in [0, 0.1) is 5.92 Å². The zero-order valence-corrected chi connectivity index (χ0v) is 13.3. The summed E-state index contributed by atoms with van der Waals surface area (Å²) in [4.78, 5) is 0. The Labute approximate surface area is 123 Å². The molecule has 0 saturated carbocycles. The molecule has 0 bridgehead atoms. The summed E-state index contributed by atoms with van der Waals surface area (Å²) in [5, 5.41) is 4.52. The van der Waals surface area contributed by atoms with Crippen LogP contribution in [-0.2, 0) is 6.42 Å². The Balaban J connectivity index is 2.74. The van der Waals surface area contributed by atoms with Crippen LogP contribution in [0.4, 0.5) is 0 Å². The molecule has 0 radical (unpaired) electrons. The van der Waals surface area contributed by atoms with Crippen molar-refractivity contribution >= 4 is 11.6 Å². The second-order valence-electron chi connectivity index (χ2n) is 5.34. The number of hydrogen-bond donors (Lipinski definition) is 1. The monoisotopic (exact) mass is 281 g/mol. The minimum atomic E-state index is 0.573. The molecule has 1 nitrogen and oxygen atoms in total. The molecule has 2 heteroatoms. The average molecular weight is 282 g/mol. The van der Waals surface area contributed by atoms with Crippen LogP contribution in [-0.4, -0.2) is 12.6 Å². The van der Waals surface area contributed by atoms with Gasteiger partial charge in [-0.15, -0.1) is 0 Å². The lowest BCUT2D eigenvalue weighted by atomic mass is 9.86. The van der Waals surface area contributed by atoms with Crippen LogP contribution in [0.5, 0.6) is 0 Å². The van der Waals surface area contributed by atoms with Crippen LogP contribution in [0.25, 0.3) is 0 Å². The summed E-state index contributed by atoms with van der Waals surface area (Å²) in [5.41, 5.74) is 1.34. The van der Waals surface area contributed by atoms with E-state index in [1.807, 2.05) is 6.07 Å². The largest absolute Gasteiger partial charge is 0.314 e. The third-order valence-electron chi connectivity index (χ3n) is 3.70. The van der Waals surface area contributed by atoms with Crippen LogP contribution in [0.2, 0.25) is 5.02 Å². The van der Waals surface area contributed by atoms with Crippen molar-refractivity contribution in [1.82, 2.24) is 5.32 Å². The van der Waals surface area contributed by atoms with Crippen LogP contribution >= 0.6 is 11.6 Å². The lowest BCUT2D eigenvalue weighted by Gasteiger charge is -2.28. The molecule has 1 rings (SSSR count). The van der Waals surface area contributed by atoms with Gasteiger partial charge in [0.15, 0.2) is 0 Å². The molecule has 0 fully saturated rings. The molecule has 0 aromatic heterocycles. The first kappa shape index (κ1) is 16.5. The van der Waals surface area contributed by atoms with E-state index in [0.717, 1.165) is 23.9 Å². The maximum absolute atomic E-state index is 6.09. The molecule has 1 aromatic rings. The molecule has 1 atom stereocenters. The van der Waals surface area contributed by atoms with Crippen molar-refractivity contribution in [3.63, 3.8) is 0 Å². The molecular weight excluding hydrogens is 254 g/mol. The minimum Gasteiger partial charge on any atom is -0.314 e. The van der Waals surface area contributed by atoms with Gasteiger partial charge in [-0.3, -0.25) is 0 Å². The molecule has 19 heavy (non-hydrogen) atoms. The van der Waals surface area contributed by atoms with E-state index < -0.39 is 0 Å². The summed E-state index contributed by atoms with van der Waals surface area (Å²) in [5.74, 6) is 0.772. The van der Waals surface area contributed by atoms with Gasteiger partial charge in [0.25, 0.3) is 0 Å². The molecule has 1 aromatic carbocycles. The van der Waals surface area contributed by atoms with Gasteiger partial charge in [0.1, 0.15) is 0 Å². The number of nitrogens with one attached hydrogen (secondary N) is 1. The Morgan fingerprint density at radius 2 is 1.79 bits per heavy atom. The predicted octanol–water partition coefficient (Wildman–Crippen LogP) is 5.08. The number of hydrogen-bond acceptors (Lipinski definition) is 1. The number of rotatable bonds is 9. The number of benzene rings is 1.